The molecule has 3 N–H and O–H groups in total. The SMILES string of the molecule is CCCC(CCC)C1NC=Cc2c(C(N)=O)cccc21. The van der Waals surface area contributed by atoms with Crippen molar-refractivity contribution in [3.05, 3.63) is 41.1 Å². The second-order valence-corrected chi connectivity index (χ2v) is 5.49. The molecule has 1 aromatic carbocycles. The minimum atomic E-state index is -0.352. The van der Waals surface area contributed by atoms with Crippen molar-refractivity contribution in [1.29, 1.82) is 0 Å². The van der Waals surface area contributed by atoms with Gasteiger partial charge in [-0.3, -0.25) is 4.79 Å². The highest BCUT2D eigenvalue weighted by Gasteiger charge is 2.26. The number of benzene rings is 1. The third-order valence-electron chi connectivity index (χ3n) is 4.06. The molecule has 0 spiro atoms. The first-order valence-corrected chi connectivity index (χ1v) is 7.54. The number of carbonyl (C=O) groups is 1. The number of primary amides is 1. The molecule has 20 heavy (non-hydrogen) atoms. The molecule has 1 unspecified atom stereocenters. The highest BCUT2D eigenvalue weighted by molar-refractivity contribution is 5.97. The van der Waals surface area contributed by atoms with E-state index in [1.165, 1.54) is 31.2 Å². The Balaban J connectivity index is 2.39. The number of hydrogen-bond acceptors (Lipinski definition) is 2. The third kappa shape index (κ3) is 2.87. The van der Waals surface area contributed by atoms with Crippen molar-refractivity contribution in [2.24, 2.45) is 11.7 Å². The van der Waals surface area contributed by atoms with Gasteiger partial charge in [-0.1, -0.05) is 38.8 Å². The van der Waals surface area contributed by atoms with Gasteiger partial charge < -0.3 is 11.1 Å². The Morgan fingerprint density at radius 3 is 2.60 bits per heavy atom. The Hall–Kier alpha value is -1.77. The minimum Gasteiger partial charge on any atom is -0.384 e. The third-order valence-corrected chi connectivity index (χ3v) is 4.06. The summed E-state index contributed by atoms with van der Waals surface area (Å²) in [6.45, 7) is 4.45. The van der Waals surface area contributed by atoms with Gasteiger partial charge in [0.1, 0.15) is 0 Å². The van der Waals surface area contributed by atoms with E-state index < -0.39 is 0 Å². The number of hydrogen-bond donors (Lipinski definition) is 2. The summed E-state index contributed by atoms with van der Waals surface area (Å²) in [6, 6.07) is 6.14. The van der Waals surface area contributed by atoms with E-state index in [0.29, 0.717) is 11.5 Å². The molecule has 0 saturated carbocycles. The summed E-state index contributed by atoms with van der Waals surface area (Å²) in [5.41, 5.74) is 8.30. The molecule has 0 fully saturated rings. The van der Waals surface area contributed by atoms with Crippen LogP contribution in [0.4, 0.5) is 0 Å². The van der Waals surface area contributed by atoms with Crippen LogP contribution >= 0.6 is 0 Å². The van der Waals surface area contributed by atoms with Crippen LogP contribution in [0.1, 0.15) is 67.1 Å². The fraction of sp³-hybridized carbons (Fsp3) is 0.471. The normalized spacial score (nSPS) is 16.9. The van der Waals surface area contributed by atoms with Gasteiger partial charge in [-0.25, -0.2) is 0 Å². The minimum absolute atomic E-state index is 0.286. The van der Waals surface area contributed by atoms with Gasteiger partial charge in [-0.2, -0.15) is 0 Å². The molecule has 1 aliphatic heterocycles. The van der Waals surface area contributed by atoms with Crippen molar-refractivity contribution in [3.8, 4) is 0 Å². The van der Waals surface area contributed by atoms with Crippen molar-refractivity contribution >= 4 is 12.0 Å². The lowest BCUT2D eigenvalue weighted by atomic mass is 9.82. The average molecular weight is 272 g/mol. The maximum Gasteiger partial charge on any atom is 0.249 e. The fourth-order valence-corrected chi connectivity index (χ4v) is 3.19. The second-order valence-electron chi connectivity index (χ2n) is 5.49. The van der Waals surface area contributed by atoms with E-state index in [0.717, 1.165) is 5.56 Å². The smallest absolute Gasteiger partial charge is 0.249 e. The molecule has 2 rings (SSSR count). The molecule has 1 aromatic rings. The number of carbonyl (C=O) groups excluding carboxylic acids is 1. The Kier molecular flexibility index (Phi) is 4.83. The molecular formula is C17H24N2O. The lowest BCUT2D eigenvalue weighted by molar-refractivity contribution is 0.1000. The van der Waals surface area contributed by atoms with Gasteiger partial charge in [0.25, 0.3) is 0 Å². The maximum atomic E-state index is 11.6. The van der Waals surface area contributed by atoms with Crippen LogP contribution in [0.2, 0.25) is 0 Å². The quantitative estimate of drug-likeness (QED) is 0.831. The highest BCUT2D eigenvalue weighted by atomic mass is 16.1. The van der Waals surface area contributed by atoms with Gasteiger partial charge in [-0.15, -0.1) is 0 Å². The molecule has 0 bridgehead atoms. The van der Waals surface area contributed by atoms with Crippen LogP contribution in [0.15, 0.2) is 24.4 Å². The van der Waals surface area contributed by atoms with Crippen LogP contribution in [0.3, 0.4) is 0 Å². The molecule has 0 radical (unpaired) electrons. The van der Waals surface area contributed by atoms with Gasteiger partial charge in [0, 0.05) is 5.56 Å². The standard InChI is InChI=1S/C17H24N2O/c1-3-6-12(7-4-2)16-14-8-5-9-15(17(18)20)13(14)10-11-19-16/h5,8-12,16,19H,3-4,6-7H2,1-2H3,(H2,18,20). The zero-order valence-electron chi connectivity index (χ0n) is 12.4. The van der Waals surface area contributed by atoms with Crippen molar-refractivity contribution in [2.75, 3.05) is 0 Å². The predicted octanol–water partition coefficient (Wildman–Crippen LogP) is 3.62. The Morgan fingerprint density at radius 1 is 1.30 bits per heavy atom. The molecule has 1 amide bonds. The summed E-state index contributed by atoms with van der Waals surface area (Å²) in [4.78, 5) is 11.6. The first-order chi connectivity index (χ1) is 9.69. The van der Waals surface area contributed by atoms with Crippen molar-refractivity contribution in [2.45, 2.75) is 45.6 Å². The molecule has 108 valence electrons. The second kappa shape index (κ2) is 6.60. The van der Waals surface area contributed by atoms with E-state index >= 15 is 0 Å². The van der Waals surface area contributed by atoms with Crippen molar-refractivity contribution in [3.63, 3.8) is 0 Å². The Morgan fingerprint density at radius 2 is 2.00 bits per heavy atom. The molecule has 1 aliphatic rings. The van der Waals surface area contributed by atoms with Gasteiger partial charge in [0.2, 0.25) is 5.91 Å². The summed E-state index contributed by atoms with van der Waals surface area (Å²) in [7, 11) is 0. The topological polar surface area (TPSA) is 55.1 Å². The van der Waals surface area contributed by atoms with Crippen LogP contribution in [0, 0.1) is 5.92 Å². The van der Waals surface area contributed by atoms with Gasteiger partial charge in [0.05, 0.1) is 6.04 Å². The van der Waals surface area contributed by atoms with E-state index in [1.54, 1.807) is 0 Å². The average Bonchev–Trinajstić information content (AvgIpc) is 2.45. The van der Waals surface area contributed by atoms with Gasteiger partial charge in [0.15, 0.2) is 0 Å². The van der Waals surface area contributed by atoms with E-state index in [-0.39, 0.29) is 11.9 Å². The van der Waals surface area contributed by atoms with Crippen LogP contribution in [-0.2, 0) is 0 Å². The summed E-state index contributed by atoms with van der Waals surface area (Å²) in [5, 5.41) is 3.48. The van der Waals surface area contributed by atoms with E-state index in [9.17, 15) is 4.79 Å². The van der Waals surface area contributed by atoms with Crippen molar-refractivity contribution in [1.82, 2.24) is 5.32 Å². The monoisotopic (exact) mass is 272 g/mol. The first-order valence-electron chi connectivity index (χ1n) is 7.54. The Labute approximate surface area is 121 Å². The first kappa shape index (κ1) is 14.6. The van der Waals surface area contributed by atoms with E-state index in [2.05, 4.69) is 25.2 Å². The lowest BCUT2D eigenvalue weighted by Crippen LogP contribution is -2.28. The van der Waals surface area contributed by atoms with Gasteiger partial charge >= 0.3 is 0 Å². The van der Waals surface area contributed by atoms with Crippen LogP contribution < -0.4 is 11.1 Å². The molecule has 0 aromatic heterocycles. The molecule has 3 nitrogen and oxygen atoms in total. The summed E-state index contributed by atoms with van der Waals surface area (Å²) < 4.78 is 0. The van der Waals surface area contributed by atoms with Crippen LogP contribution in [0.5, 0.6) is 0 Å². The summed E-state index contributed by atoms with van der Waals surface area (Å²) >= 11 is 0. The molecule has 0 aliphatic carbocycles. The summed E-state index contributed by atoms with van der Waals surface area (Å²) in [6.07, 6.45) is 8.66. The zero-order chi connectivity index (χ0) is 14.5. The lowest BCUT2D eigenvalue weighted by Gasteiger charge is -2.32. The zero-order valence-corrected chi connectivity index (χ0v) is 12.4. The Bertz CT molecular complexity index is 502. The fourth-order valence-electron chi connectivity index (χ4n) is 3.19. The largest absolute Gasteiger partial charge is 0.384 e. The maximum absolute atomic E-state index is 11.6. The number of nitrogens with one attached hydrogen (secondary N) is 1. The predicted molar refractivity (Wildman–Crippen MR) is 83.2 cm³/mol. The van der Waals surface area contributed by atoms with Gasteiger partial charge in [-0.05, 0) is 48.2 Å². The number of fused-ring (bicyclic) bond motifs is 1. The molecule has 0 saturated heterocycles. The molecule has 1 heterocycles. The van der Waals surface area contributed by atoms with Crippen LogP contribution in [-0.4, -0.2) is 5.91 Å². The number of nitrogens with two attached hydrogens (primary N) is 1. The van der Waals surface area contributed by atoms with E-state index in [4.69, 9.17) is 5.73 Å². The number of amides is 1. The molecule has 3 heteroatoms. The van der Waals surface area contributed by atoms with Crippen molar-refractivity contribution < 1.29 is 4.79 Å². The molecule has 1 atom stereocenters. The number of rotatable bonds is 6. The van der Waals surface area contributed by atoms with Crippen LogP contribution in [0.25, 0.3) is 6.08 Å². The molecular weight excluding hydrogens is 248 g/mol. The highest BCUT2D eigenvalue weighted by Crippen LogP contribution is 2.35. The summed E-state index contributed by atoms with van der Waals surface area (Å²) in [5.74, 6) is 0.242. The van der Waals surface area contributed by atoms with E-state index in [1.807, 2.05) is 24.4 Å².